The highest BCUT2D eigenvalue weighted by atomic mass is 35.5. The molecule has 0 spiro atoms. The van der Waals surface area contributed by atoms with Crippen LogP contribution in [0.2, 0.25) is 5.02 Å². The third-order valence-electron chi connectivity index (χ3n) is 4.76. The molecule has 0 saturated heterocycles. The zero-order valence-corrected chi connectivity index (χ0v) is 15.6. The van der Waals surface area contributed by atoms with Gasteiger partial charge in [0.05, 0.1) is 25.0 Å². The molecule has 138 valence electrons. The lowest BCUT2D eigenvalue weighted by atomic mass is 9.92. The van der Waals surface area contributed by atoms with E-state index in [4.69, 9.17) is 16.3 Å². The minimum absolute atomic E-state index is 0.0889. The van der Waals surface area contributed by atoms with E-state index in [0.717, 1.165) is 42.0 Å². The summed E-state index contributed by atoms with van der Waals surface area (Å²) in [6, 6.07) is 10.9. The zero-order chi connectivity index (χ0) is 18.8. The van der Waals surface area contributed by atoms with Crippen LogP contribution in [0.5, 0.6) is 5.75 Å². The molecule has 7 heteroatoms. The molecule has 3 aromatic rings. The van der Waals surface area contributed by atoms with E-state index in [9.17, 15) is 4.79 Å². The fourth-order valence-corrected chi connectivity index (χ4v) is 3.57. The smallest absolute Gasteiger partial charge is 0.270 e. The van der Waals surface area contributed by atoms with Crippen LogP contribution in [-0.4, -0.2) is 27.8 Å². The van der Waals surface area contributed by atoms with Crippen molar-refractivity contribution in [2.24, 2.45) is 0 Å². The third kappa shape index (κ3) is 3.53. The summed E-state index contributed by atoms with van der Waals surface area (Å²) in [7, 11) is 1.65. The van der Waals surface area contributed by atoms with E-state index >= 15 is 0 Å². The fourth-order valence-electron chi connectivity index (χ4n) is 3.41. The number of fused-ring (bicyclic) bond motifs is 1. The number of pyridine rings is 1. The van der Waals surface area contributed by atoms with Gasteiger partial charge in [-0.15, -0.1) is 0 Å². The fraction of sp³-hybridized carbons (Fsp3) is 0.250. The Morgan fingerprint density at radius 3 is 2.85 bits per heavy atom. The molecule has 1 amide bonds. The predicted octanol–water partition coefficient (Wildman–Crippen LogP) is 3.74. The molecule has 1 unspecified atom stereocenters. The second-order valence-corrected chi connectivity index (χ2v) is 6.87. The number of nitrogens with one attached hydrogen (secondary N) is 1. The van der Waals surface area contributed by atoms with Crippen molar-refractivity contribution in [2.45, 2.75) is 25.3 Å². The van der Waals surface area contributed by atoms with Gasteiger partial charge in [-0.2, -0.15) is 5.10 Å². The number of methoxy groups -OCH3 is 1. The molecule has 1 aliphatic carbocycles. The second-order valence-electron chi connectivity index (χ2n) is 6.43. The number of hydrogen-bond donors (Lipinski definition) is 1. The molecule has 0 bridgehead atoms. The monoisotopic (exact) mass is 382 g/mol. The van der Waals surface area contributed by atoms with E-state index < -0.39 is 0 Å². The van der Waals surface area contributed by atoms with Crippen LogP contribution < -0.4 is 10.1 Å². The molecule has 0 saturated carbocycles. The van der Waals surface area contributed by atoms with Crippen molar-refractivity contribution in [3.05, 3.63) is 70.8 Å². The van der Waals surface area contributed by atoms with Gasteiger partial charge in [0.25, 0.3) is 5.91 Å². The van der Waals surface area contributed by atoms with E-state index in [-0.39, 0.29) is 11.9 Å². The third-order valence-corrected chi connectivity index (χ3v) is 5.00. The van der Waals surface area contributed by atoms with Gasteiger partial charge in [-0.25, -0.2) is 4.68 Å². The number of benzene rings is 1. The van der Waals surface area contributed by atoms with E-state index in [0.29, 0.717) is 10.7 Å². The molecule has 0 aliphatic heterocycles. The Kier molecular flexibility index (Phi) is 4.81. The first kappa shape index (κ1) is 17.5. The van der Waals surface area contributed by atoms with Crippen molar-refractivity contribution in [3.8, 4) is 11.4 Å². The average Bonchev–Trinajstić information content (AvgIpc) is 3.13. The largest absolute Gasteiger partial charge is 0.497 e. The van der Waals surface area contributed by atoms with Crippen molar-refractivity contribution in [2.75, 3.05) is 7.11 Å². The van der Waals surface area contributed by atoms with Crippen LogP contribution in [-0.2, 0) is 6.42 Å². The molecular formula is C20H19ClN4O2. The molecular weight excluding hydrogens is 364 g/mol. The summed E-state index contributed by atoms with van der Waals surface area (Å²) in [6.07, 6.45) is 6.14. The van der Waals surface area contributed by atoms with Gasteiger partial charge in [-0.1, -0.05) is 11.6 Å². The summed E-state index contributed by atoms with van der Waals surface area (Å²) in [4.78, 5) is 16.6. The lowest BCUT2D eigenvalue weighted by Crippen LogP contribution is -2.31. The molecule has 27 heavy (non-hydrogen) atoms. The Morgan fingerprint density at radius 2 is 2.11 bits per heavy atom. The van der Waals surface area contributed by atoms with Crippen LogP contribution >= 0.6 is 11.6 Å². The van der Waals surface area contributed by atoms with Crippen LogP contribution in [0, 0.1) is 0 Å². The molecule has 0 radical (unpaired) electrons. The van der Waals surface area contributed by atoms with Gasteiger partial charge in [0.15, 0.2) is 0 Å². The van der Waals surface area contributed by atoms with Crippen molar-refractivity contribution in [1.29, 1.82) is 0 Å². The lowest BCUT2D eigenvalue weighted by Gasteiger charge is -2.24. The first-order valence-corrected chi connectivity index (χ1v) is 9.17. The number of carbonyl (C=O) groups is 1. The van der Waals surface area contributed by atoms with Crippen LogP contribution in [0.25, 0.3) is 5.69 Å². The minimum Gasteiger partial charge on any atom is -0.497 e. The Balaban J connectivity index is 1.59. The van der Waals surface area contributed by atoms with Crippen molar-refractivity contribution in [1.82, 2.24) is 20.1 Å². The van der Waals surface area contributed by atoms with Gasteiger partial charge in [-0.3, -0.25) is 9.78 Å². The number of carbonyl (C=O) groups excluding carboxylic acids is 1. The van der Waals surface area contributed by atoms with Gasteiger partial charge >= 0.3 is 0 Å². The maximum Gasteiger partial charge on any atom is 0.270 e. The molecule has 1 atom stereocenters. The standard InChI is InChI=1S/C20H19ClN4O2/c1-27-15-7-5-14(6-8-15)25-19-4-2-3-17(16(19)12-23-25)24-20(26)18-11-13(21)9-10-22-18/h5-12,17H,2-4H2,1H3,(H,24,26). The molecule has 1 aliphatic rings. The molecule has 4 rings (SSSR count). The number of aromatic nitrogens is 3. The number of halogens is 1. The van der Waals surface area contributed by atoms with Crippen LogP contribution in [0.4, 0.5) is 0 Å². The molecule has 1 aromatic carbocycles. The first-order valence-electron chi connectivity index (χ1n) is 8.79. The quantitative estimate of drug-likeness (QED) is 0.746. The molecule has 1 N–H and O–H groups in total. The van der Waals surface area contributed by atoms with Crippen molar-refractivity contribution in [3.63, 3.8) is 0 Å². The summed E-state index contributed by atoms with van der Waals surface area (Å²) in [5, 5.41) is 8.12. The van der Waals surface area contributed by atoms with Gasteiger partial charge in [0, 0.05) is 22.5 Å². The summed E-state index contributed by atoms with van der Waals surface area (Å²) < 4.78 is 7.15. The number of amides is 1. The van der Waals surface area contributed by atoms with E-state index in [1.54, 1.807) is 19.2 Å². The highest BCUT2D eigenvalue weighted by Gasteiger charge is 2.26. The van der Waals surface area contributed by atoms with Crippen LogP contribution in [0.1, 0.15) is 40.6 Å². The Labute approximate surface area is 162 Å². The summed E-state index contributed by atoms with van der Waals surface area (Å²) in [5.41, 5.74) is 3.46. The molecule has 2 aromatic heterocycles. The first-order chi connectivity index (χ1) is 13.2. The Hall–Kier alpha value is -2.86. The summed E-state index contributed by atoms with van der Waals surface area (Å²) in [5.74, 6) is 0.575. The van der Waals surface area contributed by atoms with Crippen molar-refractivity contribution >= 4 is 17.5 Å². The van der Waals surface area contributed by atoms with Gasteiger partial charge in [0.1, 0.15) is 11.4 Å². The van der Waals surface area contributed by atoms with Crippen LogP contribution in [0.15, 0.2) is 48.8 Å². The number of nitrogens with zero attached hydrogens (tertiary/aromatic N) is 3. The Bertz CT molecular complexity index is 968. The Morgan fingerprint density at radius 1 is 1.30 bits per heavy atom. The second kappa shape index (κ2) is 7.40. The van der Waals surface area contributed by atoms with Gasteiger partial charge in [0.2, 0.25) is 0 Å². The topological polar surface area (TPSA) is 69.0 Å². The molecule has 2 heterocycles. The van der Waals surface area contributed by atoms with Gasteiger partial charge < -0.3 is 10.1 Å². The number of rotatable bonds is 4. The van der Waals surface area contributed by atoms with Crippen LogP contribution in [0.3, 0.4) is 0 Å². The minimum atomic E-state index is -0.229. The molecule has 0 fully saturated rings. The van der Waals surface area contributed by atoms with Gasteiger partial charge in [-0.05, 0) is 55.7 Å². The summed E-state index contributed by atoms with van der Waals surface area (Å²) >= 11 is 5.96. The highest BCUT2D eigenvalue weighted by Crippen LogP contribution is 2.31. The van der Waals surface area contributed by atoms with E-state index in [1.807, 2.05) is 35.1 Å². The lowest BCUT2D eigenvalue weighted by molar-refractivity contribution is 0.0927. The SMILES string of the molecule is COc1ccc(-n2ncc3c2CCCC3NC(=O)c2cc(Cl)ccn2)cc1. The predicted molar refractivity (Wildman–Crippen MR) is 103 cm³/mol. The van der Waals surface area contributed by atoms with E-state index in [2.05, 4.69) is 15.4 Å². The van der Waals surface area contributed by atoms with E-state index in [1.165, 1.54) is 6.20 Å². The maximum absolute atomic E-state index is 12.5. The zero-order valence-electron chi connectivity index (χ0n) is 14.9. The normalized spacial score (nSPS) is 15.9. The highest BCUT2D eigenvalue weighted by molar-refractivity contribution is 6.30. The summed E-state index contributed by atoms with van der Waals surface area (Å²) in [6.45, 7) is 0. The number of ether oxygens (including phenoxy) is 1. The maximum atomic E-state index is 12.5. The number of hydrogen-bond acceptors (Lipinski definition) is 4. The van der Waals surface area contributed by atoms with Crippen molar-refractivity contribution < 1.29 is 9.53 Å². The molecule has 6 nitrogen and oxygen atoms in total. The average molecular weight is 383 g/mol.